The number of nitrogens with one attached hydrogen (secondary N) is 1. The molecule has 0 bridgehead atoms. The van der Waals surface area contributed by atoms with Crippen LogP contribution in [0, 0.1) is 0 Å². The Bertz CT molecular complexity index is 666. The number of hydrogen-bond donors (Lipinski definition) is 2. The van der Waals surface area contributed by atoms with Crippen molar-refractivity contribution >= 4 is 15.5 Å². The van der Waals surface area contributed by atoms with Gasteiger partial charge in [-0.15, -0.1) is 0 Å². The van der Waals surface area contributed by atoms with Gasteiger partial charge in [-0.05, 0) is 29.8 Å². The first-order chi connectivity index (χ1) is 10.1. The standard InChI is InChI=1S/C16H19NO3S/c1-2-21(19,20)15-10-8-14(9-11-15)17-16(12-18)13-6-4-3-5-7-13/h3-11,16-18H,2,12H2,1H3. The van der Waals surface area contributed by atoms with Gasteiger partial charge in [0.2, 0.25) is 0 Å². The summed E-state index contributed by atoms with van der Waals surface area (Å²) in [5.74, 6) is 0.0864. The molecule has 0 fully saturated rings. The monoisotopic (exact) mass is 305 g/mol. The molecule has 1 unspecified atom stereocenters. The number of aliphatic hydroxyl groups is 1. The summed E-state index contributed by atoms with van der Waals surface area (Å²) in [7, 11) is -3.18. The van der Waals surface area contributed by atoms with E-state index in [2.05, 4.69) is 5.32 Å². The zero-order valence-electron chi connectivity index (χ0n) is 11.9. The van der Waals surface area contributed by atoms with Crippen LogP contribution < -0.4 is 5.32 Å². The Morgan fingerprint density at radius 2 is 1.67 bits per heavy atom. The minimum absolute atomic E-state index is 0.0426. The molecule has 0 heterocycles. The van der Waals surface area contributed by atoms with Gasteiger partial charge >= 0.3 is 0 Å². The number of benzene rings is 2. The summed E-state index contributed by atoms with van der Waals surface area (Å²) >= 11 is 0. The number of aliphatic hydroxyl groups excluding tert-OH is 1. The van der Waals surface area contributed by atoms with Gasteiger partial charge in [-0.2, -0.15) is 0 Å². The summed E-state index contributed by atoms with van der Waals surface area (Å²) < 4.78 is 23.5. The molecule has 0 saturated heterocycles. The predicted molar refractivity (Wildman–Crippen MR) is 84.1 cm³/mol. The lowest BCUT2D eigenvalue weighted by molar-refractivity contribution is 0.276. The average molecular weight is 305 g/mol. The molecule has 4 nitrogen and oxygen atoms in total. The first kappa shape index (κ1) is 15.5. The maximum Gasteiger partial charge on any atom is 0.178 e. The van der Waals surface area contributed by atoms with Gasteiger partial charge in [0.05, 0.1) is 23.3 Å². The molecule has 0 aliphatic rings. The van der Waals surface area contributed by atoms with Crippen LogP contribution in [0.1, 0.15) is 18.5 Å². The normalized spacial score (nSPS) is 12.9. The van der Waals surface area contributed by atoms with E-state index in [0.717, 1.165) is 11.3 Å². The smallest absolute Gasteiger partial charge is 0.178 e. The Labute approximate surface area is 125 Å². The highest BCUT2D eigenvalue weighted by Gasteiger charge is 2.12. The third kappa shape index (κ3) is 3.83. The topological polar surface area (TPSA) is 66.4 Å². The lowest BCUT2D eigenvalue weighted by atomic mass is 10.1. The molecule has 2 rings (SSSR count). The Kier molecular flexibility index (Phi) is 4.98. The van der Waals surface area contributed by atoms with Crippen molar-refractivity contribution in [3.05, 3.63) is 60.2 Å². The maximum atomic E-state index is 11.8. The van der Waals surface area contributed by atoms with Crippen LogP contribution in [0.2, 0.25) is 0 Å². The van der Waals surface area contributed by atoms with E-state index in [1.165, 1.54) is 0 Å². The molecule has 0 aromatic heterocycles. The van der Waals surface area contributed by atoms with Crippen molar-refractivity contribution in [3.63, 3.8) is 0 Å². The lowest BCUT2D eigenvalue weighted by Gasteiger charge is -2.18. The van der Waals surface area contributed by atoms with E-state index in [1.807, 2.05) is 30.3 Å². The molecule has 21 heavy (non-hydrogen) atoms. The van der Waals surface area contributed by atoms with Gasteiger partial charge in [0.1, 0.15) is 0 Å². The van der Waals surface area contributed by atoms with Crippen LogP contribution in [0.25, 0.3) is 0 Å². The molecule has 112 valence electrons. The van der Waals surface area contributed by atoms with E-state index in [1.54, 1.807) is 31.2 Å². The summed E-state index contributed by atoms with van der Waals surface area (Å²) in [6.07, 6.45) is 0. The highest BCUT2D eigenvalue weighted by atomic mass is 32.2. The first-order valence-corrected chi connectivity index (χ1v) is 8.47. The minimum atomic E-state index is -3.18. The zero-order chi connectivity index (χ0) is 15.3. The highest BCUT2D eigenvalue weighted by Crippen LogP contribution is 2.21. The van der Waals surface area contributed by atoms with Crippen molar-refractivity contribution in [1.29, 1.82) is 0 Å². The second kappa shape index (κ2) is 6.74. The summed E-state index contributed by atoms with van der Waals surface area (Å²) in [4.78, 5) is 0.316. The highest BCUT2D eigenvalue weighted by molar-refractivity contribution is 7.91. The van der Waals surface area contributed by atoms with Crippen molar-refractivity contribution in [2.75, 3.05) is 17.7 Å². The fourth-order valence-corrected chi connectivity index (χ4v) is 2.93. The second-order valence-electron chi connectivity index (χ2n) is 4.72. The maximum absolute atomic E-state index is 11.8. The Morgan fingerprint density at radius 3 is 2.19 bits per heavy atom. The molecule has 2 aromatic carbocycles. The van der Waals surface area contributed by atoms with Gasteiger partial charge < -0.3 is 10.4 Å². The molecule has 0 aliphatic carbocycles. The molecule has 0 saturated carbocycles. The summed E-state index contributed by atoms with van der Waals surface area (Å²) in [5.41, 5.74) is 1.75. The number of anilines is 1. The Balaban J connectivity index is 2.16. The fourth-order valence-electron chi connectivity index (χ4n) is 2.05. The van der Waals surface area contributed by atoms with Gasteiger partial charge in [0.25, 0.3) is 0 Å². The number of rotatable bonds is 6. The lowest BCUT2D eigenvalue weighted by Crippen LogP contribution is -2.14. The molecule has 5 heteroatoms. The number of hydrogen-bond acceptors (Lipinski definition) is 4. The van der Waals surface area contributed by atoms with E-state index >= 15 is 0 Å². The number of sulfone groups is 1. The molecule has 0 spiro atoms. The van der Waals surface area contributed by atoms with Crippen LogP contribution >= 0.6 is 0 Å². The van der Waals surface area contributed by atoms with Crippen LogP contribution in [0.5, 0.6) is 0 Å². The van der Waals surface area contributed by atoms with Crippen molar-refractivity contribution in [2.45, 2.75) is 17.9 Å². The van der Waals surface area contributed by atoms with Gasteiger partial charge in [-0.25, -0.2) is 8.42 Å². The first-order valence-electron chi connectivity index (χ1n) is 6.82. The van der Waals surface area contributed by atoms with Crippen molar-refractivity contribution in [1.82, 2.24) is 0 Å². The van der Waals surface area contributed by atoms with E-state index < -0.39 is 9.84 Å². The third-order valence-corrected chi connectivity index (χ3v) is 5.07. The average Bonchev–Trinajstić information content (AvgIpc) is 2.54. The Morgan fingerprint density at radius 1 is 1.05 bits per heavy atom. The predicted octanol–water partition coefficient (Wildman–Crippen LogP) is 2.63. The molecule has 0 radical (unpaired) electrons. The van der Waals surface area contributed by atoms with Crippen LogP contribution in [-0.2, 0) is 9.84 Å². The van der Waals surface area contributed by atoms with Crippen LogP contribution in [0.3, 0.4) is 0 Å². The van der Waals surface area contributed by atoms with E-state index in [4.69, 9.17) is 0 Å². The zero-order valence-corrected chi connectivity index (χ0v) is 12.7. The molecule has 0 amide bonds. The minimum Gasteiger partial charge on any atom is -0.394 e. The summed E-state index contributed by atoms with van der Waals surface area (Å²) in [6.45, 7) is 1.58. The van der Waals surface area contributed by atoms with Gasteiger partial charge in [-0.3, -0.25) is 0 Å². The van der Waals surface area contributed by atoms with Crippen LogP contribution in [-0.4, -0.2) is 25.9 Å². The summed E-state index contributed by atoms with van der Waals surface area (Å²) in [5, 5.41) is 12.7. The van der Waals surface area contributed by atoms with Crippen molar-refractivity contribution in [2.24, 2.45) is 0 Å². The molecule has 1 atom stereocenters. The van der Waals surface area contributed by atoms with Crippen LogP contribution in [0.15, 0.2) is 59.5 Å². The van der Waals surface area contributed by atoms with Gasteiger partial charge in [0, 0.05) is 5.69 Å². The quantitative estimate of drug-likeness (QED) is 0.861. The Hall–Kier alpha value is -1.85. The molecular weight excluding hydrogens is 286 g/mol. The SMILES string of the molecule is CCS(=O)(=O)c1ccc(NC(CO)c2ccccc2)cc1. The van der Waals surface area contributed by atoms with Crippen LogP contribution in [0.4, 0.5) is 5.69 Å². The van der Waals surface area contributed by atoms with Crippen molar-refractivity contribution in [3.8, 4) is 0 Å². The van der Waals surface area contributed by atoms with E-state index in [9.17, 15) is 13.5 Å². The fraction of sp³-hybridized carbons (Fsp3) is 0.250. The van der Waals surface area contributed by atoms with Gasteiger partial charge in [0.15, 0.2) is 9.84 Å². The van der Waals surface area contributed by atoms with E-state index in [-0.39, 0.29) is 18.4 Å². The molecular formula is C16H19NO3S. The van der Waals surface area contributed by atoms with Gasteiger partial charge in [-0.1, -0.05) is 37.3 Å². The summed E-state index contributed by atoms with van der Waals surface area (Å²) in [6, 6.07) is 16.0. The molecule has 2 aromatic rings. The third-order valence-electron chi connectivity index (χ3n) is 3.32. The second-order valence-corrected chi connectivity index (χ2v) is 7.00. The van der Waals surface area contributed by atoms with E-state index in [0.29, 0.717) is 4.90 Å². The molecule has 2 N–H and O–H groups in total. The largest absolute Gasteiger partial charge is 0.394 e. The van der Waals surface area contributed by atoms with Crippen molar-refractivity contribution < 1.29 is 13.5 Å². The molecule has 0 aliphatic heterocycles.